The van der Waals surface area contributed by atoms with E-state index in [4.69, 9.17) is 5.84 Å². The number of halogens is 1. The highest BCUT2D eigenvalue weighted by molar-refractivity contribution is 9.10. The number of para-hydroxylation sites is 1. The maximum atomic E-state index is 5.73. The molecular formula is C15H16BrN5. The molecule has 0 fully saturated rings. The van der Waals surface area contributed by atoms with Crippen LogP contribution >= 0.6 is 15.9 Å². The van der Waals surface area contributed by atoms with Gasteiger partial charge in [-0.15, -0.1) is 0 Å². The average molecular weight is 346 g/mol. The van der Waals surface area contributed by atoms with Crippen molar-refractivity contribution in [2.24, 2.45) is 12.9 Å². The Bertz CT molecular complexity index is 768. The van der Waals surface area contributed by atoms with Gasteiger partial charge in [0, 0.05) is 29.5 Å². The number of aromatic nitrogens is 3. The summed E-state index contributed by atoms with van der Waals surface area (Å²) in [4.78, 5) is 4.41. The summed E-state index contributed by atoms with van der Waals surface area (Å²) in [6, 6.07) is 11.9. The second-order valence-corrected chi connectivity index (χ2v) is 5.74. The second kappa shape index (κ2) is 5.93. The first-order valence-corrected chi connectivity index (χ1v) is 7.47. The van der Waals surface area contributed by atoms with E-state index >= 15 is 0 Å². The highest BCUT2D eigenvalue weighted by Crippen LogP contribution is 2.26. The number of fused-ring (bicyclic) bond motifs is 1. The minimum atomic E-state index is -0.0983. The van der Waals surface area contributed by atoms with E-state index in [0.29, 0.717) is 6.42 Å². The molecule has 0 aliphatic heterocycles. The number of hydrogen-bond donors (Lipinski definition) is 2. The monoisotopic (exact) mass is 345 g/mol. The molecule has 1 atom stereocenters. The normalized spacial score (nSPS) is 12.7. The molecule has 2 aromatic heterocycles. The van der Waals surface area contributed by atoms with Crippen LogP contribution in [0.25, 0.3) is 10.9 Å². The van der Waals surface area contributed by atoms with E-state index in [1.54, 1.807) is 6.20 Å². The first-order valence-electron chi connectivity index (χ1n) is 6.68. The lowest BCUT2D eigenvalue weighted by molar-refractivity contribution is 0.528. The lowest BCUT2D eigenvalue weighted by atomic mass is 10.1. The third kappa shape index (κ3) is 2.70. The van der Waals surface area contributed by atoms with E-state index in [2.05, 4.69) is 43.6 Å². The topological polar surface area (TPSA) is 68.8 Å². The van der Waals surface area contributed by atoms with E-state index in [1.807, 2.05) is 36.0 Å². The van der Waals surface area contributed by atoms with Crippen molar-refractivity contribution in [2.45, 2.75) is 12.5 Å². The summed E-state index contributed by atoms with van der Waals surface area (Å²) in [5.74, 6) is 5.73. The summed E-state index contributed by atoms with van der Waals surface area (Å²) >= 11 is 3.52. The Balaban J connectivity index is 1.99. The molecule has 1 aromatic carbocycles. The van der Waals surface area contributed by atoms with Crippen LogP contribution < -0.4 is 11.3 Å². The van der Waals surface area contributed by atoms with Gasteiger partial charge in [0.2, 0.25) is 0 Å². The zero-order valence-corrected chi connectivity index (χ0v) is 13.2. The Morgan fingerprint density at radius 2 is 2.10 bits per heavy atom. The molecule has 3 N–H and O–H groups in total. The number of hydrazine groups is 1. The molecule has 0 saturated carbocycles. The summed E-state index contributed by atoms with van der Waals surface area (Å²) in [7, 11) is 1.95. The fourth-order valence-corrected chi connectivity index (χ4v) is 3.05. The SMILES string of the molecule is Cn1nc(CC(NN)c2ncccc2Br)c2ccccc21. The number of benzene rings is 1. The molecule has 3 rings (SSSR count). The van der Waals surface area contributed by atoms with Crippen LogP contribution in [-0.4, -0.2) is 14.8 Å². The second-order valence-electron chi connectivity index (χ2n) is 4.88. The van der Waals surface area contributed by atoms with E-state index in [1.165, 1.54) is 0 Å². The van der Waals surface area contributed by atoms with Crippen LogP contribution in [0.5, 0.6) is 0 Å². The Morgan fingerprint density at radius 1 is 1.29 bits per heavy atom. The van der Waals surface area contributed by atoms with Gasteiger partial charge in [0.1, 0.15) is 0 Å². The van der Waals surface area contributed by atoms with Gasteiger partial charge >= 0.3 is 0 Å². The molecule has 5 nitrogen and oxygen atoms in total. The van der Waals surface area contributed by atoms with Crippen molar-refractivity contribution < 1.29 is 0 Å². The van der Waals surface area contributed by atoms with Crippen LogP contribution in [0.1, 0.15) is 17.4 Å². The Morgan fingerprint density at radius 3 is 2.86 bits per heavy atom. The van der Waals surface area contributed by atoms with Crippen molar-refractivity contribution in [3.8, 4) is 0 Å². The predicted molar refractivity (Wildman–Crippen MR) is 86.4 cm³/mol. The van der Waals surface area contributed by atoms with Gasteiger partial charge in [0.25, 0.3) is 0 Å². The van der Waals surface area contributed by atoms with Crippen molar-refractivity contribution in [1.29, 1.82) is 0 Å². The van der Waals surface area contributed by atoms with Gasteiger partial charge in [-0.05, 0) is 34.1 Å². The van der Waals surface area contributed by atoms with Crippen molar-refractivity contribution in [2.75, 3.05) is 0 Å². The maximum absolute atomic E-state index is 5.73. The van der Waals surface area contributed by atoms with Gasteiger partial charge in [-0.25, -0.2) is 0 Å². The van der Waals surface area contributed by atoms with Crippen molar-refractivity contribution >= 4 is 26.8 Å². The van der Waals surface area contributed by atoms with Crippen LogP contribution in [0.3, 0.4) is 0 Å². The van der Waals surface area contributed by atoms with Gasteiger partial charge in [-0.1, -0.05) is 18.2 Å². The Labute approximate surface area is 131 Å². The molecule has 6 heteroatoms. The van der Waals surface area contributed by atoms with Gasteiger partial charge in [-0.2, -0.15) is 5.10 Å². The molecule has 1 unspecified atom stereocenters. The van der Waals surface area contributed by atoms with Crippen molar-refractivity contribution in [1.82, 2.24) is 20.2 Å². The van der Waals surface area contributed by atoms with Crippen molar-refractivity contribution in [3.63, 3.8) is 0 Å². The quantitative estimate of drug-likeness (QED) is 0.563. The Hall–Kier alpha value is -1.76. The largest absolute Gasteiger partial charge is 0.271 e. The number of nitrogens with zero attached hydrogens (tertiary/aromatic N) is 3. The van der Waals surface area contributed by atoms with Gasteiger partial charge in [0.15, 0.2) is 0 Å². The highest BCUT2D eigenvalue weighted by atomic mass is 79.9. The predicted octanol–water partition coefficient (Wildman–Crippen LogP) is 2.48. The Kier molecular flexibility index (Phi) is 4.01. The fourth-order valence-electron chi connectivity index (χ4n) is 2.52. The summed E-state index contributed by atoms with van der Waals surface area (Å²) in [5, 5.41) is 5.76. The molecule has 108 valence electrons. The van der Waals surface area contributed by atoms with E-state index in [0.717, 1.165) is 26.8 Å². The number of hydrogen-bond acceptors (Lipinski definition) is 4. The average Bonchev–Trinajstić information content (AvgIpc) is 2.82. The number of rotatable bonds is 4. The highest BCUT2D eigenvalue weighted by Gasteiger charge is 2.18. The van der Waals surface area contributed by atoms with Gasteiger partial charge < -0.3 is 0 Å². The molecule has 0 radical (unpaired) electrons. The summed E-state index contributed by atoms with van der Waals surface area (Å²) < 4.78 is 2.83. The zero-order valence-electron chi connectivity index (χ0n) is 11.6. The minimum absolute atomic E-state index is 0.0983. The molecule has 0 aliphatic rings. The molecule has 3 aromatic rings. The number of nitrogens with two attached hydrogens (primary N) is 1. The van der Waals surface area contributed by atoms with E-state index in [-0.39, 0.29) is 6.04 Å². The number of pyridine rings is 1. The van der Waals surface area contributed by atoms with Gasteiger partial charge in [-0.3, -0.25) is 20.9 Å². The summed E-state index contributed by atoms with van der Waals surface area (Å²) in [6.07, 6.45) is 2.44. The van der Waals surface area contributed by atoms with Crippen LogP contribution in [-0.2, 0) is 13.5 Å². The molecule has 0 amide bonds. The number of aryl methyl sites for hydroxylation is 1. The summed E-state index contributed by atoms with van der Waals surface area (Å²) in [6.45, 7) is 0. The molecule has 0 saturated heterocycles. The van der Waals surface area contributed by atoms with E-state index in [9.17, 15) is 0 Å². The first-order chi connectivity index (χ1) is 10.2. The lowest BCUT2D eigenvalue weighted by Crippen LogP contribution is -2.30. The molecule has 2 heterocycles. The zero-order chi connectivity index (χ0) is 14.8. The molecule has 21 heavy (non-hydrogen) atoms. The van der Waals surface area contributed by atoms with Crippen LogP contribution in [0.4, 0.5) is 0 Å². The first kappa shape index (κ1) is 14.2. The fraction of sp³-hybridized carbons (Fsp3) is 0.200. The smallest absolute Gasteiger partial charge is 0.0732 e. The van der Waals surface area contributed by atoms with E-state index < -0.39 is 0 Å². The number of nitrogens with one attached hydrogen (secondary N) is 1. The molecular weight excluding hydrogens is 330 g/mol. The maximum Gasteiger partial charge on any atom is 0.0732 e. The van der Waals surface area contributed by atoms with Crippen LogP contribution in [0.15, 0.2) is 47.1 Å². The van der Waals surface area contributed by atoms with Crippen LogP contribution in [0.2, 0.25) is 0 Å². The van der Waals surface area contributed by atoms with Gasteiger partial charge in [0.05, 0.1) is 22.9 Å². The molecule has 0 bridgehead atoms. The molecule has 0 aliphatic carbocycles. The van der Waals surface area contributed by atoms with Crippen LogP contribution in [0, 0.1) is 0 Å². The molecule has 0 spiro atoms. The standard InChI is InChI=1S/C15H16BrN5/c1-21-14-7-3-2-5-10(14)12(20-21)9-13(19-17)15-11(16)6-4-8-18-15/h2-8,13,19H,9,17H2,1H3. The lowest BCUT2D eigenvalue weighted by Gasteiger charge is -2.15. The minimum Gasteiger partial charge on any atom is -0.271 e. The van der Waals surface area contributed by atoms with Crippen molar-refractivity contribution in [3.05, 3.63) is 58.5 Å². The third-order valence-corrected chi connectivity index (χ3v) is 4.22. The third-order valence-electron chi connectivity index (χ3n) is 3.55. The summed E-state index contributed by atoms with van der Waals surface area (Å²) in [5.41, 5.74) is 5.85.